The fourth-order valence-corrected chi connectivity index (χ4v) is 4.29. The van der Waals surface area contributed by atoms with Crippen molar-refractivity contribution in [1.82, 2.24) is 9.80 Å². The van der Waals surface area contributed by atoms with Crippen LogP contribution in [0, 0.1) is 0 Å². The lowest BCUT2D eigenvalue weighted by atomic mass is 9.92. The Hall–Kier alpha value is -2.30. The zero-order chi connectivity index (χ0) is 21.0. The van der Waals surface area contributed by atoms with E-state index in [4.69, 9.17) is 16.4 Å². The molecule has 1 aliphatic heterocycles. The molecule has 0 radical (unpaired) electrons. The van der Waals surface area contributed by atoms with Crippen molar-refractivity contribution in [2.45, 2.75) is 31.6 Å². The van der Waals surface area contributed by atoms with Gasteiger partial charge in [-0.2, -0.15) is 0 Å². The van der Waals surface area contributed by atoms with E-state index in [1.54, 1.807) is 0 Å². The first-order valence-electron chi connectivity index (χ1n) is 10.8. The molecule has 4 nitrogen and oxygen atoms in total. The molecule has 2 aliphatic rings. The zero-order valence-corrected chi connectivity index (χ0v) is 18.4. The second kappa shape index (κ2) is 9.23. The van der Waals surface area contributed by atoms with Gasteiger partial charge < -0.3 is 9.74 Å². The van der Waals surface area contributed by atoms with Gasteiger partial charge in [0.25, 0.3) is 0 Å². The average molecular weight is 424 g/mol. The van der Waals surface area contributed by atoms with Crippen LogP contribution in [0.4, 0.5) is 0 Å². The maximum Gasteiger partial charge on any atom is 0.218 e. The van der Waals surface area contributed by atoms with Gasteiger partial charge in [0.2, 0.25) is 5.88 Å². The monoisotopic (exact) mass is 423 g/mol. The van der Waals surface area contributed by atoms with Gasteiger partial charge in [-0.25, -0.2) is 0 Å². The topological polar surface area (TPSA) is 28.1 Å². The molecule has 2 fully saturated rings. The largest absolute Gasteiger partial charge is 0.339 e. The Labute approximate surface area is 184 Å². The van der Waals surface area contributed by atoms with E-state index < -0.39 is 0 Å². The molecule has 1 aliphatic carbocycles. The molecule has 30 heavy (non-hydrogen) atoms. The Morgan fingerprint density at radius 1 is 1.03 bits per heavy atom. The van der Waals surface area contributed by atoms with Gasteiger partial charge in [-0.15, -0.1) is 0 Å². The van der Waals surface area contributed by atoms with Crippen molar-refractivity contribution in [1.29, 1.82) is 0 Å². The third-order valence-electron chi connectivity index (χ3n) is 6.41. The van der Waals surface area contributed by atoms with Crippen LogP contribution in [0.3, 0.4) is 0 Å². The highest BCUT2D eigenvalue weighted by Crippen LogP contribution is 2.49. The van der Waals surface area contributed by atoms with E-state index in [2.05, 4.69) is 70.9 Å². The molecule has 1 saturated heterocycles. The molecule has 158 valence electrons. The SMILES string of the molecule is C=C(ON=C(C)C1(c2ccccc2)CC1)N1CCN(CCc2ccc(Cl)cc2)CC1. The van der Waals surface area contributed by atoms with Crippen LogP contribution in [0.25, 0.3) is 0 Å². The predicted molar refractivity (Wildman–Crippen MR) is 124 cm³/mol. The van der Waals surface area contributed by atoms with Crippen LogP contribution in [-0.4, -0.2) is 48.2 Å². The molecule has 0 N–H and O–H groups in total. The number of oxime groups is 1. The normalized spacial score (nSPS) is 18.9. The fraction of sp³-hybridized carbons (Fsp3) is 0.400. The first-order chi connectivity index (χ1) is 14.6. The molecule has 2 aromatic carbocycles. The Balaban J connectivity index is 1.23. The second-order valence-corrected chi connectivity index (χ2v) is 8.75. The fourth-order valence-electron chi connectivity index (χ4n) is 4.17. The molecule has 0 unspecified atom stereocenters. The summed E-state index contributed by atoms with van der Waals surface area (Å²) < 4.78 is 0. The van der Waals surface area contributed by atoms with Crippen molar-refractivity contribution < 1.29 is 4.84 Å². The second-order valence-electron chi connectivity index (χ2n) is 8.32. The van der Waals surface area contributed by atoms with E-state index in [9.17, 15) is 0 Å². The van der Waals surface area contributed by atoms with Crippen molar-refractivity contribution in [2.75, 3.05) is 32.7 Å². The maximum atomic E-state index is 5.97. The molecule has 1 saturated carbocycles. The van der Waals surface area contributed by atoms with Gasteiger partial charge in [0.05, 0.1) is 5.71 Å². The van der Waals surface area contributed by atoms with Crippen molar-refractivity contribution in [3.8, 4) is 0 Å². The van der Waals surface area contributed by atoms with Crippen LogP contribution < -0.4 is 0 Å². The molecular weight excluding hydrogens is 394 g/mol. The minimum atomic E-state index is 0.0574. The maximum absolute atomic E-state index is 5.97. The van der Waals surface area contributed by atoms with Crippen LogP contribution in [-0.2, 0) is 16.7 Å². The Morgan fingerprint density at radius 2 is 1.70 bits per heavy atom. The van der Waals surface area contributed by atoms with E-state index in [0.29, 0.717) is 5.88 Å². The summed E-state index contributed by atoms with van der Waals surface area (Å²) >= 11 is 5.97. The molecule has 0 spiro atoms. The third kappa shape index (κ3) is 4.88. The third-order valence-corrected chi connectivity index (χ3v) is 6.66. The number of hydrogen-bond donors (Lipinski definition) is 0. The van der Waals surface area contributed by atoms with Gasteiger partial charge >= 0.3 is 0 Å². The lowest BCUT2D eigenvalue weighted by Crippen LogP contribution is -2.46. The molecule has 5 heteroatoms. The highest BCUT2D eigenvalue weighted by molar-refractivity contribution is 6.30. The van der Waals surface area contributed by atoms with E-state index in [-0.39, 0.29) is 5.41 Å². The van der Waals surface area contributed by atoms with Gasteiger partial charge in [0, 0.05) is 43.2 Å². The van der Waals surface area contributed by atoms with Gasteiger partial charge in [0.15, 0.2) is 0 Å². The van der Waals surface area contributed by atoms with Crippen LogP contribution >= 0.6 is 11.6 Å². The molecule has 2 aromatic rings. The van der Waals surface area contributed by atoms with Crippen molar-refractivity contribution in [2.24, 2.45) is 5.16 Å². The highest BCUT2D eigenvalue weighted by atomic mass is 35.5. The van der Waals surface area contributed by atoms with Crippen molar-refractivity contribution in [3.05, 3.63) is 83.2 Å². The van der Waals surface area contributed by atoms with Crippen LogP contribution in [0.1, 0.15) is 30.9 Å². The minimum absolute atomic E-state index is 0.0574. The first-order valence-corrected chi connectivity index (χ1v) is 11.1. The van der Waals surface area contributed by atoms with E-state index in [0.717, 1.165) is 62.7 Å². The summed E-state index contributed by atoms with van der Waals surface area (Å²) in [5.74, 6) is 0.649. The first kappa shape index (κ1) is 21.0. The van der Waals surface area contributed by atoms with E-state index in [1.165, 1.54) is 11.1 Å². The summed E-state index contributed by atoms with van der Waals surface area (Å²) in [7, 11) is 0. The number of halogens is 1. The van der Waals surface area contributed by atoms with Gasteiger partial charge in [-0.05, 0) is 56.0 Å². The van der Waals surface area contributed by atoms with Gasteiger partial charge in [-0.1, -0.05) is 59.2 Å². The number of piperazine rings is 1. The number of nitrogens with zero attached hydrogens (tertiary/aromatic N) is 3. The Morgan fingerprint density at radius 3 is 2.33 bits per heavy atom. The quantitative estimate of drug-likeness (QED) is 0.336. The number of rotatable bonds is 8. The molecule has 0 aromatic heterocycles. The molecule has 0 atom stereocenters. The Bertz CT molecular complexity index is 882. The smallest absolute Gasteiger partial charge is 0.218 e. The van der Waals surface area contributed by atoms with Crippen LogP contribution in [0.15, 0.2) is 72.2 Å². The summed E-state index contributed by atoms with van der Waals surface area (Å²) in [6, 6.07) is 18.7. The van der Waals surface area contributed by atoms with Crippen molar-refractivity contribution in [3.63, 3.8) is 0 Å². The zero-order valence-electron chi connectivity index (χ0n) is 17.7. The summed E-state index contributed by atoms with van der Waals surface area (Å²) in [5.41, 5.74) is 3.75. The summed E-state index contributed by atoms with van der Waals surface area (Å²) in [4.78, 5) is 10.4. The predicted octanol–water partition coefficient (Wildman–Crippen LogP) is 5.10. The highest BCUT2D eigenvalue weighted by Gasteiger charge is 2.47. The van der Waals surface area contributed by atoms with Crippen LogP contribution in [0.5, 0.6) is 0 Å². The summed E-state index contributed by atoms with van der Waals surface area (Å²) in [5, 5.41) is 5.25. The number of benzene rings is 2. The molecular formula is C25H30ClN3O. The van der Waals surface area contributed by atoms with Crippen LogP contribution in [0.2, 0.25) is 5.02 Å². The van der Waals surface area contributed by atoms with Gasteiger partial charge in [-0.3, -0.25) is 4.90 Å². The average Bonchev–Trinajstić information content (AvgIpc) is 3.60. The molecule has 1 heterocycles. The standard InChI is InChI=1S/C25H30ClN3O/c1-20(25(13-14-25)23-6-4-3-5-7-23)27-30-21(2)29-18-16-28(17-19-29)15-12-22-8-10-24(26)11-9-22/h3-11H,2,12-19H2,1H3. The number of hydrogen-bond acceptors (Lipinski definition) is 4. The summed E-state index contributed by atoms with van der Waals surface area (Å²) in [6.45, 7) is 11.1. The molecule has 0 bridgehead atoms. The Kier molecular flexibility index (Phi) is 6.45. The van der Waals surface area contributed by atoms with E-state index >= 15 is 0 Å². The minimum Gasteiger partial charge on any atom is -0.339 e. The summed E-state index contributed by atoms with van der Waals surface area (Å²) in [6.07, 6.45) is 3.31. The van der Waals surface area contributed by atoms with Gasteiger partial charge in [0.1, 0.15) is 0 Å². The lowest BCUT2D eigenvalue weighted by Gasteiger charge is -2.35. The van der Waals surface area contributed by atoms with E-state index in [1.807, 2.05) is 12.1 Å². The lowest BCUT2D eigenvalue weighted by molar-refractivity contribution is 0.0750. The molecule has 4 rings (SSSR count). The molecule has 0 amide bonds. The van der Waals surface area contributed by atoms with Crippen molar-refractivity contribution >= 4 is 17.3 Å².